The molecule has 0 aromatic heterocycles. The van der Waals surface area contributed by atoms with Crippen molar-refractivity contribution in [2.75, 3.05) is 19.6 Å². The smallest absolute Gasteiger partial charge is 0.233 e. The number of carbonyl (C=O) groups is 1. The zero-order chi connectivity index (χ0) is 14.4. The highest BCUT2D eigenvalue weighted by Crippen LogP contribution is 2.51. The second-order valence-electron chi connectivity index (χ2n) is 6.55. The molecule has 1 aliphatic heterocycles. The van der Waals surface area contributed by atoms with Gasteiger partial charge in [-0.05, 0) is 37.3 Å². The standard InChI is InChI=1S/C16H21FN2O.ClH/c1-15(10-18)8-9-19(11-15)14(20)16(6-7-16)12-4-2-3-5-13(12)17;/h2-5H,6-11,18H2,1H3;1H. The lowest BCUT2D eigenvalue weighted by molar-refractivity contribution is -0.133. The van der Waals surface area contributed by atoms with Gasteiger partial charge in [0.25, 0.3) is 0 Å². The lowest BCUT2D eigenvalue weighted by atomic mass is 9.90. The van der Waals surface area contributed by atoms with Crippen LogP contribution in [-0.4, -0.2) is 30.4 Å². The normalized spacial score (nSPS) is 26.3. The largest absolute Gasteiger partial charge is 0.341 e. The van der Waals surface area contributed by atoms with Gasteiger partial charge in [-0.25, -0.2) is 4.39 Å². The Morgan fingerprint density at radius 3 is 2.52 bits per heavy atom. The molecule has 1 saturated carbocycles. The molecule has 2 fully saturated rings. The zero-order valence-corrected chi connectivity index (χ0v) is 13.1. The Bertz CT molecular complexity index is 547. The monoisotopic (exact) mass is 312 g/mol. The number of hydrogen-bond donors (Lipinski definition) is 1. The fourth-order valence-corrected chi connectivity index (χ4v) is 3.24. The summed E-state index contributed by atoms with van der Waals surface area (Å²) in [5.74, 6) is -0.182. The average molecular weight is 313 g/mol. The Labute approximate surface area is 131 Å². The number of benzene rings is 1. The molecule has 1 aromatic rings. The van der Waals surface area contributed by atoms with Gasteiger partial charge < -0.3 is 10.6 Å². The van der Waals surface area contributed by atoms with Gasteiger partial charge in [-0.3, -0.25) is 4.79 Å². The summed E-state index contributed by atoms with van der Waals surface area (Å²) in [5.41, 5.74) is 5.76. The summed E-state index contributed by atoms with van der Waals surface area (Å²) < 4.78 is 14.0. The van der Waals surface area contributed by atoms with E-state index in [4.69, 9.17) is 5.73 Å². The quantitative estimate of drug-likeness (QED) is 0.932. The summed E-state index contributed by atoms with van der Waals surface area (Å²) in [4.78, 5) is 14.7. The predicted octanol–water partition coefficient (Wildman–Crippen LogP) is 2.48. The lowest BCUT2D eigenvalue weighted by Crippen LogP contribution is -2.40. The van der Waals surface area contributed by atoms with Crippen LogP contribution < -0.4 is 5.73 Å². The number of nitrogens with two attached hydrogens (primary N) is 1. The summed E-state index contributed by atoms with van der Waals surface area (Å²) in [6.07, 6.45) is 2.44. The molecule has 0 spiro atoms. The highest BCUT2D eigenvalue weighted by molar-refractivity contribution is 5.91. The highest BCUT2D eigenvalue weighted by atomic mass is 35.5. The first-order chi connectivity index (χ1) is 9.51. The van der Waals surface area contributed by atoms with Crippen LogP contribution in [0.15, 0.2) is 24.3 Å². The molecular formula is C16H22ClFN2O. The fraction of sp³-hybridized carbons (Fsp3) is 0.562. The Morgan fingerprint density at radius 2 is 2.00 bits per heavy atom. The van der Waals surface area contributed by atoms with Crippen LogP contribution in [0.2, 0.25) is 0 Å². The minimum Gasteiger partial charge on any atom is -0.341 e. The number of carbonyl (C=O) groups excluding carboxylic acids is 1. The number of nitrogens with zero attached hydrogens (tertiary/aromatic N) is 1. The Hall–Kier alpha value is -1.13. The highest BCUT2D eigenvalue weighted by Gasteiger charge is 2.55. The molecule has 1 aliphatic carbocycles. The molecule has 2 N–H and O–H groups in total. The molecule has 1 saturated heterocycles. The van der Waals surface area contributed by atoms with Crippen molar-refractivity contribution in [1.29, 1.82) is 0 Å². The van der Waals surface area contributed by atoms with Crippen molar-refractivity contribution >= 4 is 18.3 Å². The van der Waals surface area contributed by atoms with Crippen LogP contribution in [0.5, 0.6) is 0 Å². The first-order valence-corrected chi connectivity index (χ1v) is 7.25. The first-order valence-electron chi connectivity index (χ1n) is 7.25. The van der Waals surface area contributed by atoms with Gasteiger partial charge in [0.2, 0.25) is 5.91 Å². The fourth-order valence-electron chi connectivity index (χ4n) is 3.24. The van der Waals surface area contributed by atoms with Crippen LogP contribution >= 0.6 is 12.4 Å². The Balaban J connectivity index is 0.00000161. The molecule has 2 aliphatic rings. The van der Waals surface area contributed by atoms with E-state index in [-0.39, 0.29) is 29.5 Å². The van der Waals surface area contributed by atoms with E-state index in [1.54, 1.807) is 18.2 Å². The zero-order valence-electron chi connectivity index (χ0n) is 12.3. The predicted molar refractivity (Wildman–Crippen MR) is 82.9 cm³/mol. The third-order valence-electron chi connectivity index (χ3n) is 4.89. The number of hydrogen-bond acceptors (Lipinski definition) is 2. The van der Waals surface area contributed by atoms with Gasteiger partial charge in [-0.1, -0.05) is 25.1 Å². The van der Waals surface area contributed by atoms with Crippen LogP contribution in [0.1, 0.15) is 31.7 Å². The molecule has 1 atom stereocenters. The third-order valence-corrected chi connectivity index (χ3v) is 4.89. The van der Waals surface area contributed by atoms with Gasteiger partial charge in [0.15, 0.2) is 0 Å². The minimum atomic E-state index is -0.606. The van der Waals surface area contributed by atoms with Gasteiger partial charge in [0.1, 0.15) is 5.82 Å². The van der Waals surface area contributed by atoms with Gasteiger partial charge in [-0.15, -0.1) is 12.4 Å². The van der Waals surface area contributed by atoms with E-state index in [9.17, 15) is 9.18 Å². The van der Waals surface area contributed by atoms with Crippen LogP contribution in [0.4, 0.5) is 4.39 Å². The van der Waals surface area contributed by atoms with Crippen molar-refractivity contribution in [3.63, 3.8) is 0 Å². The van der Waals surface area contributed by atoms with E-state index in [1.807, 2.05) is 4.90 Å². The second-order valence-corrected chi connectivity index (χ2v) is 6.55. The molecule has 1 aromatic carbocycles. The van der Waals surface area contributed by atoms with Crippen molar-refractivity contribution in [2.45, 2.75) is 31.6 Å². The van der Waals surface area contributed by atoms with Crippen LogP contribution in [-0.2, 0) is 10.2 Å². The SMILES string of the molecule is CC1(CN)CCN(C(=O)C2(c3ccccc3F)CC2)C1.Cl. The molecule has 5 heteroatoms. The molecule has 3 rings (SSSR count). The van der Waals surface area contributed by atoms with Crippen molar-refractivity contribution in [3.8, 4) is 0 Å². The van der Waals surface area contributed by atoms with E-state index in [2.05, 4.69) is 6.92 Å². The van der Waals surface area contributed by atoms with E-state index < -0.39 is 5.41 Å². The number of amides is 1. The summed E-state index contributed by atoms with van der Waals surface area (Å²) in [6, 6.07) is 6.66. The van der Waals surface area contributed by atoms with Crippen LogP contribution in [0.25, 0.3) is 0 Å². The second kappa shape index (κ2) is 5.58. The minimum absolute atomic E-state index is 0. The maximum atomic E-state index is 14.0. The number of halogens is 2. The maximum absolute atomic E-state index is 14.0. The van der Waals surface area contributed by atoms with Crippen molar-refractivity contribution in [3.05, 3.63) is 35.6 Å². The summed E-state index contributed by atoms with van der Waals surface area (Å²) >= 11 is 0. The number of likely N-dealkylation sites (tertiary alicyclic amines) is 1. The molecule has 0 bridgehead atoms. The lowest BCUT2D eigenvalue weighted by Gasteiger charge is -2.26. The Kier molecular flexibility index (Phi) is 4.31. The molecule has 3 nitrogen and oxygen atoms in total. The van der Waals surface area contributed by atoms with Crippen molar-refractivity contribution in [1.82, 2.24) is 4.90 Å². The van der Waals surface area contributed by atoms with Gasteiger partial charge in [0, 0.05) is 18.7 Å². The summed E-state index contributed by atoms with van der Waals surface area (Å²) in [5, 5.41) is 0. The number of rotatable bonds is 3. The van der Waals surface area contributed by atoms with Crippen LogP contribution in [0.3, 0.4) is 0 Å². The molecular weight excluding hydrogens is 291 g/mol. The first kappa shape index (κ1) is 16.2. The molecule has 116 valence electrons. The van der Waals surface area contributed by atoms with Gasteiger partial charge >= 0.3 is 0 Å². The topological polar surface area (TPSA) is 46.3 Å². The molecule has 1 amide bonds. The summed E-state index contributed by atoms with van der Waals surface area (Å²) in [6.45, 7) is 4.13. The van der Waals surface area contributed by atoms with Gasteiger partial charge in [-0.2, -0.15) is 0 Å². The molecule has 1 heterocycles. The molecule has 1 unspecified atom stereocenters. The van der Waals surface area contributed by atoms with E-state index in [0.717, 1.165) is 25.8 Å². The van der Waals surface area contributed by atoms with E-state index in [1.165, 1.54) is 6.07 Å². The van der Waals surface area contributed by atoms with Gasteiger partial charge in [0.05, 0.1) is 5.41 Å². The maximum Gasteiger partial charge on any atom is 0.233 e. The molecule has 21 heavy (non-hydrogen) atoms. The average Bonchev–Trinajstić information content (AvgIpc) is 3.16. The van der Waals surface area contributed by atoms with Crippen molar-refractivity contribution < 1.29 is 9.18 Å². The summed E-state index contributed by atoms with van der Waals surface area (Å²) in [7, 11) is 0. The Morgan fingerprint density at radius 1 is 1.33 bits per heavy atom. The van der Waals surface area contributed by atoms with Crippen LogP contribution in [0, 0.1) is 11.2 Å². The molecule has 0 radical (unpaired) electrons. The van der Waals surface area contributed by atoms with Crippen molar-refractivity contribution in [2.24, 2.45) is 11.1 Å². The van der Waals surface area contributed by atoms with E-state index >= 15 is 0 Å². The van der Waals surface area contributed by atoms with E-state index in [0.29, 0.717) is 18.7 Å². The third kappa shape index (κ3) is 2.67.